The smallest absolute Gasteiger partial charge is 0.149 e. The predicted octanol–water partition coefficient (Wildman–Crippen LogP) is 3.70. The second-order valence-electron chi connectivity index (χ2n) is 3.51. The molecule has 2 rings (SSSR count). The monoisotopic (exact) mass is 311 g/mol. The number of pyridine rings is 1. The molecule has 3 N–H and O–H groups in total. The van der Waals surface area contributed by atoms with Gasteiger partial charge in [0.2, 0.25) is 0 Å². The average Bonchev–Trinajstić information content (AvgIpc) is 2.33. The Labute approximate surface area is 113 Å². The van der Waals surface area contributed by atoms with Gasteiger partial charge in [-0.25, -0.2) is 4.98 Å². The number of aromatic nitrogens is 1. The van der Waals surface area contributed by atoms with Crippen molar-refractivity contribution in [3.05, 3.63) is 51.6 Å². The molecule has 0 amide bonds. The fraction of sp³-hybridized carbons (Fsp3) is 0.0833. The minimum Gasteiger partial charge on any atom is -0.339 e. The average molecular weight is 313 g/mol. The molecule has 5 heteroatoms. The summed E-state index contributed by atoms with van der Waals surface area (Å²) >= 11 is 9.39. The number of benzene rings is 1. The number of rotatable bonds is 3. The Balaban J connectivity index is 2.25. The Bertz CT molecular complexity index is 531. The first-order valence-electron chi connectivity index (χ1n) is 5.06. The lowest BCUT2D eigenvalue weighted by atomic mass is 10.2. The summed E-state index contributed by atoms with van der Waals surface area (Å²) in [5.74, 6) is 0.629. The quantitative estimate of drug-likeness (QED) is 0.908. The number of hydrogen-bond donors (Lipinski definition) is 2. The maximum Gasteiger partial charge on any atom is 0.149 e. The van der Waals surface area contributed by atoms with Gasteiger partial charge in [-0.05, 0) is 39.7 Å². The fourth-order valence-corrected chi connectivity index (χ4v) is 2.10. The molecule has 0 fully saturated rings. The van der Waals surface area contributed by atoms with Crippen LogP contribution in [-0.2, 0) is 6.54 Å². The summed E-state index contributed by atoms with van der Waals surface area (Å²) in [5.41, 5.74) is 7.57. The molecule has 88 valence electrons. The summed E-state index contributed by atoms with van der Waals surface area (Å²) in [6.45, 7) is 0.511. The van der Waals surface area contributed by atoms with Gasteiger partial charge in [0.15, 0.2) is 0 Å². The predicted molar refractivity (Wildman–Crippen MR) is 74.6 cm³/mol. The molecule has 1 aromatic carbocycles. The van der Waals surface area contributed by atoms with Gasteiger partial charge in [0.05, 0.1) is 5.02 Å². The molecule has 2 aromatic rings. The van der Waals surface area contributed by atoms with Gasteiger partial charge in [0.25, 0.3) is 0 Å². The third kappa shape index (κ3) is 3.19. The van der Waals surface area contributed by atoms with Crippen LogP contribution in [-0.4, -0.2) is 4.98 Å². The lowest BCUT2D eigenvalue weighted by molar-refractivity contribution is 1.07. The van der Waals surface area contributed by atoms with Crippen LogP contribution < -0.4 is 11.1 Å². The van der Waals surface area contributed by atoms with Crippen LogP contribution in [0.3, 0.4) is 0 Å². The Kier molecular flexibility index (Phi) is 3.99. The molecular formula is C12H11BrClN3. The molecule has 0 saturated carbocycles. The van der Waals surface area contributed by atoms with E-state index < -0.39 is 0 Å². The highest BCUT2D eigenvalue weighted by Crippen LogP contribution is 2.26. The molecule has 17 heavy (non-hydrogen) atoms. The number of halogens is 2. The summed E-state index contributed by atoms with van der Waals surface area (Å²) in [5, 5.41) is 3.72. The van der Waals surface area contributed by atoms with E-state index in [2.05, 4.69) is 26.2 Å². The maximum atomic E-state index is 6.07. The van der Waals surface area contributed by atoms with E-state index in [1.807, 2.05) is 24.3 Å². The van der Waals surface area contributed by atoms with Crippen LogP contribution in [0.15, 0.2) is 41.0 Å². The largest absolute Gasteiger partial charge is 0.339 e. The van der Waals surface area contributed by atoms with Crippen molar-refractivity contribution in [2.45, 2.75) is 6.54 Å². The lowest BCUT2D eigenvalue weighted by Crippen LogP contribution is -1.98. The van der Waals surface area contributed by atoms with Gasteiger partial charge in [-0.3, -0.25) is 0 Å². The van der Waals surface area contributed by atoms with E-state index in [9.17, 15) is 0 Å². The van der Waals surface area contributed by atoms with Gasteiger partial charge in [0, 0.05) is 22.9 Å². The van der Waals surface area contributed by atoms with Gasteiger partial charge in [-0.2, -0.15) is 0 Å². The van der Waals surface area contributed by atoms with Crippen molar-refractivity contribution in [2.75, 3.05) is 5.32 Å². The van der Waals surface area contributed by atoms with E-state index in [4.69, 9.17) is 17.3 Å². The fourth-order valence-electron chi connectivity index (χ4n) is 1.42. The highest BCUT2D eigenvalue weighted by atomic mass is 79.9. The third-order valence-corrected chi connectivity index (χ3v) is 2.96. The van der Waals surface area contributed by atoms with Crippen molar-refractivity contribution >= 4 is 39.0 Å². The van der Waals surface area contributed by atoms with Gasteiger partial charge in [0.1, 0.15) is 5.82 Å². The molecule has 0 spiro atoms. The Morgan fingerprint density at radius 2 is 2.18 bits per heavy atom. The summed E-state index contributed by atoms with van der Waals surface area (Å²) in [6, 6.07) is 9.63. The molecule has 1 aromatic heterocycles. The molecule has 3 nitrogen and oxygen atoms in total. The van der Waals surface area contributed by atoms with E-state index in [0.29, 0.717) is 17.4 Å². The number of nitrogens with two attached hydrogens (primary N) is 1. The second-order valence-corrected chi connectivity index (χ2v) is 4.84. The normalized spacial score (nSPS) is 10.3. The minimum atomic E-state index is 0.511. The molecule has 0 atom stereocenters. The molecule has 0 saturated heterocycles. The van der Waals surface area contributed by atoms with Crippen LogP contribution in [0.25, 0.3) is 0 Å². The van der Waals surface area contributed by atoms with E-state index in [1.165, 1.54) is 0 Å². The molecule has 0 bridgehead atoms. The van der Waals surface area contributed by atoms with Gasteiger partial charge < -0.3 is 11.1 Å². The van der Waals surface area contributed by atoms with Crippen molar-refractivity contribution < 1.29 is 0 Å². The zero-order chi connectivity index (χ0) is 12.3. The van der Waals surface area contributed by atoms with E-state index >= 15 is 0 Å². The van der Waals surface area contributed by atoms with Crippen LogP contribution in [0.2, 0.25) is 5.02 Å². The molecule has 1 heterocycles. The summed E-state index contributed by atoms with van der Waals surface area (Å²) in [4.78, 5) is 4.21. The zero-order valence-corrected chi connectivity index (χ0v) is 11.3. The maximum absolute atomic E-state index is 6.07. The van der Waals surface area contributed by atoms with Crippen LogP contribution in [0, 0.1) is 0 Å². The molecule has 0 aliphatic heterocycles. The number of nitrogens with zero attached hydrogens (tertiary/aromatic N) is 1. The number of anilines is 2. The molecule has 0 aliphatic carbocycles. The van der Waals surface area contributed by atoms with Gasteiger partial charge in [-0.15, -0.1) is 0 Å². The highest BCUT2D eigenvalue weighted by molar-refractivity contribution is 9.10. The molecule has 0 unspecified atom stereocenters. The first kappa shape index (κ1) is 12.4. The van der Waals surface area contributed by atoms with E-state index in [1.54, 1.807) is 12.3 Å². The zero-order valence-electron chi connectivity index (χ0n) is 8.95. The minimum absolute atomic E-state index is 0.511. The number of nitrogens with one attached hydrogen (secondary N) is 1. The van der Waals surface area contributed by atoms with Gasteiger partial charge in [-0.1, -0.05) is 23.7 Å². The second kappa shape index (κ2) is 5.49. The number of hydrogen-bond acceptors (Lipinski definition) is 3. The molecule has 0 aliphatic rings. The SMILES string of the molecule is NCc1cccc(Nc2ncc(Br)cc2Cl)c1. The highest BCUT2D eigenvalue weighted by Gasteiger charge is 2.03. The van der Waals surface area contributed by atoms with Crippen molar-refractivity contribution in [2.24, 2.45) is 5.73 Å². The van der Waals surface area contributed by atoms with E-state index in [-0.39, 0.29) is 0 Å². The van der Waals surface area contributed by atoms with Crippen LogP contribution in [0.4, 0.5) is 11.5 Å². The van der Waals surface area contributed by atoms with Crippen LogP contribution in [0.1, 0.15) is 5.56 Å². The summed E-state index contributed by atoms with van der Waals surface area (Å²) in [6.07, 6.45) is 1.70. The van der Waals surface area contributed by atoms with Gasteiger partial charge >= 0.3 is 0 Å². The lowest BCUT2D eigenvalue weighted by Gasteiger charge is -2.08. The van der Waals surface area contributed by atoms with Crippen molar-refractivity contribution in [3.63, 3.8) is 0 Å². The Morgan fingerprint density at radius 1 is 1.35 bits per heavy atom. The topological polar surface area (TPSA) is 50.9 Å². The van der Waals surface area contributed by atoms with E-state index in [0.717, 1.165) is 15.7 Å². The van der Waals surface area contributed by atoms with Crippen molar-refractivity contribution in [1.29, 1.82) is 0 Å². The first-order chi connectivity index (χ1) is 8.19. The van der Waals surface area contributed by atoms with Crippen molar-refractivity contribution in [3.8, 4) is 0 Å². The first-order valence-corrected chi connectivity index (χ1v) is 6.23. The summed E-state index contributed by atoms with van der Waals surface area (Å²) < 4.78 is 0.851. The van der Waals surface area contributed by atoms with Crippen LogP contribution in [0.5, 0.6) is 0 Å². The Morgan fingerprint density at radius 3 is 2.88 bits per heavy atom. The van der Waals surface area contributed by atoms with Crippen LogP contribution >= 0.6 is 27.5 Å². The Hall–Kier alpha value is -1.10. The molecule has 0 radical (unpaired) electrons. The van der Waals surface area contributed by atoms with Crippen molar-refractivity contribution in [1.82, 2.24) is 4.98 Å². The third-order valence-electron chi connectivity index (χ3n) is 2.23. The standard InChI is InChI=1S/C12H11BrClN3/c13-9-5-11(14)12(16-7-9)17-10-3-1-2-8(4-10)6-15/h1-5,7H,6,15H2,(H,16,17). The summed E-state index contributed by atoms with van der Waals surface area (Å²) in [7, 11) is 0. The molecular weight excluding hydrogens is 302 g/mol.